The SMILES string of the molecule is CC(C)OCCNc1nnccc1C(=O)O. The van der Waals surface area contributed by atoms with Gasteiger partial charge in [0.05, 0.1) is 18.9 Å². The van der Waals surface area contributed by atoms with E-state index in [1.807, 2.05) is 13.8 Å². The van der Waals surface area contributed by atoms with Crippen molar-refractivity contribution in [3.8, 4) is 0 Å². The maximum Gasteiger partial charge on any atom is 0.339 e. The summed E-state index contributed by atoms with van der Waals surface area (Å²) in [7, 11) is 0. The van der Waals surface area contributed by atoms with Gasteiger partial charge in [-0.15, -0.1) is 5.10 Å². The average molecular weight is 225 g/mol. The van der Waals surface area contributed by atoms with Crippen LogP contribution in [0.3, 0.4) is 0 Å². The van der Waals surface area contributed by atoms with Gasteiger partial charge >= 0.3 is 5.97 Å². The number of anilines is 1. The van der Waals surface area contributed by atoms with Crippen molar-refractivity contribution in [2.75, 3.05) is 18.5 Å². The lowest BCUT2D eigenvalue weighted by atomic mass is 10.3. The maximum atomic E-state index is 10.8. The third-order valence-electron chi connectivity index (χ3n) is 1.80. The molecular weight excluding hydrogens is 210 g/mol. The van der Waals surface area contributed by atoms with Crippen LogP contribution >= 0.6 is 0 Å². The molecule has 1 aromatic heterocycles. The summed E-state index contributed by atoms with van der Waals surface area (Å²) in [6.45, 7) is 4.86. The number of ether oxygens (including phenoxy) is 1. The largest absolute Gasteiger partial charge is 0.478 e. The van der Waals surface area contributed by atoms with Gasteiger partial charge in [-0.2, -0.15) is 5.10 Å². The summed E-state index contributed by atoms with van der Waals surface area (Å²) in [5, 5.41) is 19.1. The Morgan fingerprint density at radius 2 is 2.38 bits per heavy atom. The number of carboxylic acids is 1. The highest BCUT2D eigenvalue weighted by Gasteiger charge is 2.10. The van der Waals surface area contributed by atoms with Crippen molar-refractivity contribution < 1.29 is 14.6 Å². The summed E-state index contributed by atoms with van der Waals surface area (Å²) < 4.78 is 5.31. The monoisotopic (exact) mass is 225 g/mol. The highest BCUT2D eigenvalue weighted by Crippen LogP contribution is 2.09. The lowest BCUT2D eigenvalue weighted by Gasteiger charge is -2.09. The van der Waals surface area contributed by atoms with Crippen molar-refractivity contribution in [3.05, 3.63) is 17.8 Å². The Morgan fingerprint density at radius 1 is 1.62 bits per heavy atom. The van der Waals surface area contributed by atoms with E-state index in [1.165, 1.54) is 12.3 Å². The summed E-state index contributed by atoms with van der Waals surface area (Å²) in [6.07, 6.45) is 1.50. The third-order valence-corrected chi connectivity index (χ3v) is 1.80. The molecule has 6 nitrogen and oxygen atoms in total. The molecule has 0 aromatic carbocycles. The first-order valence-electron chi connectivity index (χ1n) is 5.01. The van der Waals surface area contributed by atoms with Gasteiger partial charge in [-0.3, -0.25) is 0 Å². The van der Waals surface area contributed by atoms with Crippen LogP contribution in [0.1, 0.15) is 24.2 Å². The number of aromatic carboxylic acids is 1. The Balaban J connectivity index is 2.50. The highest BCUT2D eigenvalue weighted by molar-refractivity contribution is 5.92. The molecule has 0 aliphatic rings. The molecule has 0 saturated heterocycles. The summed E-state index contributed by atoms with van der Waals surface area (Å²) in [6, 6.07) is 1.40. The Morgan fingerprint density at radius 3 is 3.00 bits per heavy atom. The van der Waals surface area contributed by atoms with Gasteiger partial charge in [0.1, 0.15) is 5.56 Å². The van der Waals surface area contributed by atoms with Crippen molar-refractivity contribution in [3.63, 3.8) is 0 Å². The Hall–Kier alpha value is -1.69. The van der Waals surface area contributed by atoms with Crippen molar-refractivity contribution in [2.45, 2.75) is 20.0 Å². The average Bonchev–Trinajstić information content (AvgIpc) is 2.24. The van der Waals surface area contributed by atoms with E-state index in [0.29, 0.717) is 13.2 Å². The number of rotatable bonds is 6. The molecule has 0 unspecified atom stereocenters. The van der Waals surface area contributed by atoms with Crippen LogP contribution < -0.4 is 5.32 Å². The summed E-state index contributed by atoms with van der Waals surface area (Å²) in [5.74, 6) is -0.760. The molecule has 1 aromatic rings. The van der Waals surface area contributed by atoms with E-state index in [-0.39, 0.29) is 17.5 Å². The van der Waals surface area contributed by atoms with Crippen LogP contribution in [0.25, 0.3) is 0 Å². The fourth-order valence-corrected chi connectivity index (χ4v) is 1.10. The molecule has 0 atom stereocenters. The quantitative estimate of drug-likeness (QED) is 0.703. The van der Waals surface area contributed by atoms with Crippen LogP contribution in [0.4, 0.5) is 5.82 Å². The van der Waals surface area contributed by atoms with E-state index in [9.17, 15) is 4.79 Å². The minimum absolute atomic E-state index is 0.111. The normalized spacial score (nSPS) is 10.4. The Labute approximate surface area is 93.6 Å². The zero-order valence-electron chi connectivity index (χ0n) is 9.30. The molecule has 0 spiro atoms. The topological polar surface area (TPSA) is 84.3 Å². The lowest BCUT2D eigenvalue weighted by Crippen LogP contribution is -2.16. The number of nitrogens with zero attached hydrogens (tertiary/aromatic N) is 2. The molecule has 6 heteroatoms. The third kappa shape index (κ3) is 3.82. The first-order valence-corrected chi connectivity index (χ1v) is 5.01. The van der Waals surface area contributed by atoms with Crippen molar-refractivity contribution in [2.24, 2.45) is 0 Å². The lowest BCUT2D eigenvalue weighted by molar-refractivity contribution is 0.0696. The van der Waals surface area contributed by atoms with Gasteiger partial charge in [-0.25, -0.2) is 4.79 Å². The van der Waals surface area contributed by atoms with Crippen molar-refractivity contribution >= 4 is 11.8 Å². The van der Waals surface area contributed by atoms with Gasteiger partial charge in [0.15, 0.2) is 5.82 Å². The molecule has 2 N–H and O–H groups in total. The van der Waals surface area contributed by atoms with E-state index in [1.54, 1.807) is 0 Å². The van der Waals surface area contributed by atoms with Crippen LogP contribution in [0, 0.1) is 0 Å². The second kappa shape index (κ2) is 6.02. The molecule has 0 radical (unpaired) electrons. The molecule has 0 bridgehead atoms. The zero-order valence-corrected chi connectivity index (χ0v) is 9.30. The van der Waals surface area contributed by atoms with Crippen LogP contribution in [-0.4, -0.2) is 40.5 Å². The summed E-state index contributed by atoms with van der Waals surface area (Å²) >= 11 is 0. The van der Waals surface area contributed by atoms with Crippen LogP contribution in [0.5, 0.6) is 0 Å². The van der Waals surface area contributed by atoms with Crippen molar-refractivity contribution in [1.82, 2.24) is 10.2 Å². The van der Waals surface area contributed by atoms with E-state index in [0.717, 1.165) is 0 Å². The van der Waals surface area contributed by atoms with Crippen LogP contribution in [-0.2, 0) is 4.74 Å². The molecule has 16 heavy (non-hydrogen) atoms. The highest BCUT2D eigenvalue weighted by atomic mass is 16.5. The molecular formula is C10H15N3O3. The minimum Gasteiger partial charge on any atom is -0.478 e. The summed E-state index contributed by atoms with van der Waals surface area (Å²) in [5.41, 5.74) is 0.111. The molecule has 1 rings (SSSR count). The Kier molecular flexibility index (Phi) is 4.65. The van der Waals surface area contributed by atoms with Gasteiger partial charge in [-0.1, -0.05) is 0 Å². The predicted molar refractivity (Wildman–Crippen MR) is 58.6 cm³/mol. The first kappa shape index (κ1) is 12.4. The van der Waals surface area contributed by atoms with Gasteiger partial charge in [0.2, 0.25) is 0 Å². The van der Waals surface area contributed by atoms with Gasteiger partial charge < -0.3 is 15.2 Å². The zero-order chi connectivity index (χ0) is 12.0. The Bertz CT molecular complexity index is 355. The van der Waals surface area contributed by atoms with Crippen molar-refractivity contribution in [1.29, 1.82) is 0 Å². The van der Waals surface area contributed by atoms with E-state index in [4.69, 9.17) is 9.84 Å². The van der Waals surface area contributed by atoms with Gasteiger partial charge in [-0.05, 0) is 19.9 Å². The van der Waals surface area contributed by atoms with Crippen LogP contribution in [0.2, 0.25) is 0 Å². The number of nitrogens with one attached hydrogen (secondary N) is 1. The van der Waals surface area contributed by atoms with E-state index >= 15 is 0 Å². The molecule has 0 amide bonds. The number of aromatic nitrogens is 2. The first-order chi connectivity index (χ1) is 7.61. The fourth-order valence-electron chi connectivity index (χ4n) is 1.10. The van der Waals surface area contributed by atoms with Gasteiger partial charge in [0, 0.05) is 6.54 Å². The second-order valence-corrected chi connectivity index (χ2v) is 3.44. The molecule has 0 aliphatic heterocycles. The number of carbonyl (C=O) groups is 1. The number of hydrogen-bond acceptors (Lipinski definition) is 5. The maximum absolute atomic E-state index is 10.8. The minimum atomic E-state index is -1.03. The second-order valence-electron chi connectivity index (χ2n) is 3.44. The fraction of sp³-hybridized carbons (Fsp3) is 0.500. The van der Waals surface area contributed by atoms with E-state index < -0.39 is 5.97 Å². The molecule has 0 fully saturated rings. The molecule has 0 aliphatic carbocycles. The molecule has 0 saturated carbocycles. The molecule has 88 valence electrons. The standard InChI is InChI=1S/C10H15N3O3/c1-7(2)16-6-5-11-9-8(10(14)15)3-4-12-13-9/h3-4,7H,5-6H2,1-2H3,(H,11,13)(H,14,15). The summed E-state index contributed by atoms with van der Waals surface area (Å²) in [4.78, 5) is 10.8. The predicted octanol–water partition coefficient (Wildman–Crippen LogP) is 1.01. The van der Waals surface area contributed by atoms with Gasteiger partial charge in [0.25, 0.3) is 0 Å². The number of hydrogen-bond donors (Lipinski definition) is 2. The van der Waals surface area contributed by atoms with Crippen LogP contribution in [0.15, 0.2) is 12.3 Å². The smallest absolute Gasteiger partial charge is 0.339 e. The van der Waals surface area contributed by atoms with E-state index in [2.05, 4.69) is 15.5 Å². The molecule has 1 heterocycles. The number of carboxylic acid groups (broad SMARTS) is 1.